The summed E-state index contributed by atoms with van der Waals surface area (Å²) >= 11 is 0. The van der Waals surface area contributed by atoms with Crippen molar-refractivity contribution >= 4 is 34.1 Å². The van der Waals surface area contributed by atoms with Gasteiger partial charge in [0, 0.05) is 12.4 Å². The first-order valence-corrected chi connectivity index (χ1v) is 3.03. The van der Waals surface area contributed by atoms with Crippen molar-refractivity contribution in [2.75, 3.05) is 0 Å². The number of nitrogens with zero attached hydrogens (tertiary/aromatic N) is 2. The molecule has 0 saturated carbocycles. The van der Waals surface area contributed by atoms with Gasteiger partial charge < -0.3 is 22.0 Å². The summed E-state index contributed by atoms with van der Waals surface area (Å²) in [5.74, 6) is 0. The summed E-state index contributed by atoms with van der Waals surface area (Å²) < 4.78 is 0. The van der Waals surface area contributed by atoms with Crippen molar-refractivity contribution in [2.45, 2.75) is 0 Å². The van der Waals surface area contributed by atoms with Gasteiger partial charge in [0.15, 0.2) is 0 Å². The fourth-order valence-electron chi connectivity index (χ4n) is 0.853. The largest absolute Gasteiger partial charge is 2.00 e. The predicted octanol–water partition coefficient (Wildman–Crippen LogP) is -1.95. The number of hydrogen-bond acceptors (Lipinski definition) is 2. The molecule has 0 aliphatic heterocycles. The molecular formula is C8H5BrMgN2. The van der Waals surface area contributed by atoms with E-state index in [9.17, 15) is 0 Å². The zero-order chi connectivity index (χ0) is 6.81. The van der Waals surface area contributed by atoms with Crippen LogP contribution in [-0.2, 0) is 0 Å². The summed E-state index contributed by atoms with van der Waals surface area (Å²) in [5, 5.41) is 0. The van der Waals surface area contributed by atoms with Crippen LogP contribution in [0.15, 0.2) is 30.6 Å². The molecule has 0 bridgehead atoms. The van der Waals surface area contributed by atoms with E-state index < -0.39 is 0 Å². The first-order chi connectivity index (χ1) is 4.97. The molecule has 2 aromatic rings. The molecule has 0 aliphatic carbocycles. The average Bonchev–Trinajstić information content (AvgIpc) is 2.05. The van der Waals surface area contributed by atoms with E-state index in [1.165, 1.54) is 0 Å². The Labute approximate surface area is 97.3 Å². The number of benzene rings is 1. The quantitative estimate of drug-likeness (QED) is 0.391. The molecular weight excluding hydrogens is 228 g/mol. The molecule has 2 rings (SSSR count). The zero-order valence-electron chi connectivity index (χ0n) is 6.37. The smallest absolute Gasteiger partial charge is 1.00 e. The molecule has 0 spiro atoms. The van der Waals surface area contributed by atoms with Crippen LogP contribution in [0.1, 0.15) is 0 Å². The second-order valence-corrected chi connectivity index (χ2v) is 1.97. The minimum atomic E-state index is 0. The van der Waals surface area contributed by atoms with E-state index in [4.69, 9.17) is 0 Å². The Kier molecular flexibility index (Phi) is 5.36. The molecule has 0 amide bonds. The molecule has 0 aliphatic rings. The van der Waals surface area contributed by atoms with Crippen LogP contribution in [-0.4, -0.2) is 33.0 Å². The molecule has 2 nitrogen and oxygen atoms in total. The number of aromatic nitrogens is 2. The Balaban J connectivity index is 0.000000605. The Hall–Kier alpha value is -0.194. The molecule has 1 heterocycles. The molecule has 0 radical (unpaired) electrons. The van der Waals surface area contributed by atoms with E-state index in [1.807, 2.05) is 18.2 Å². The van der Waals surface area contributed by atoms with Gasteiger partial charge in [-0.15, -0.1) is 12.1 Å². The standard InChI is InChI=1S/C8H5N2.BrH.Mg/c1-2-4-8-7(3-1)9-5-6-10-8;;/h1,3-6H;1H;/q-1;;+2/p-1. The summed E-state index contributed by atoms with van der Waals surface area (Å²) in [5.41, 5.74) is 1.81. The summed E-state index contributed by atoms with van der Waals surface area (Å²) in [6, 6.07) is 8.48. The molecule has 1 aromatic heterocycles. The molecule has 4 heteroatoms. The van der Waals surface area contributed by atoms with Crippen molar-refractivity contribution in [3.05, 3.63) is 36.7 Å². The van der Waals surface area contributed by atoms with E-state index >= 15 is 0 Å². The molecule has 12 heavy (non-hydrogen) atoms. The van der Waals surface area contributed by atoms with Gasteiger partial charge >= 0.3 is 23.1 Å². The van der Waals surface area contributed by atoms with Crippen molar-refractivity contribution in [3.63, 3.8) is 0 Å². The summed E-state index contributed by atoms with van der Waals surface area (Å²) in [4.78, 5) is 8.19. The SMILES string of the molecule is [Br-].[Mg+2].[c-]1ccc2nccnc2c1. The second kappa shape index (κ2) is 5.45. The van der Waals surface area contributed by atoms with Crippen LogP contribution < -0.4 is 17.0 Å². The molecule has 0 fully saturated rings. The van der Waals surface area contributed by atoms with Gasteiger partial charge in [0.1, 0.15) is 0 Å². The van der Waals surface area contributed by atoms with E-state index in [1.54, 1.807) is 12.4 Å². The Bertz CT molecular complexity index is 288. The van der Waals surface area contributed by atoms with Crippen molar-refractivity contribution in [3.8, 4) is 0 Å². The number of rotatable bonds is 0. The van der Waals surface area contributed by atoms with Gasteiger partial charge in [-0.25, -0.2) is 0 Å². The summed E-state index contributed by atoms with van der Waals surface area (Å²) in [7, 11) is 0. The number of hydrogen-bond donors (Lipinski definition) is 0. The van der Waals surface area contributed by atoms with Crippen LogP contribution in [0.25, 0.3) is 11.0 Å². The first kappa shape index (κ1) is 11.8. The fraction of sp³-hybridized carbons (Fsp3) is 0. The molecule has 0 N–H and O–H groups in total. The van der Waals surface area contributed by atoms with Crippen molar-refractivity contribution in [1.82, 2.24) is 9.97 Å². The monoisotopic (exact) mass is 232 g/mol. The Morgan fingerprint density at radius 2 is 1.75 bits per heavy atom. The van der Waals surface area contributed by atoms with Gasteiger partial charge in [-0.2, -0.15) is 12.1 Å². The topological polar surface area (TPSA) is 25.8 Å². The summed E-state index contributed by atoms with van der Waals surface area (Å²) in [6.45, 7) is 0. The van der Waals surface area contributed by atoms with Gasteiger partial charge in [0.05, 0.1) is 0 Å². The van der Waals surface area contributed by atoms with Crippen molar-refractivity contribution < 1.29 is 17.0 Å². The molecule has 1 aromatic carbocycles. The van der Waals surface area contributed by atoms with Crippen LogP contribution in [0, 0.1) is 6.07 Å². The maximum Gasteiger partial charge on any atom is 2.00 e. The second-order valence-electron chi connectivity index (χ2n) is 1.97. The normalized spacial score (nSPS) is 8.33. The maximum atomic E-state index is 4.10. The van der Waals surface area contributed by atoms with Crippen molar-refractivity contribution in [1.29, 1.82) is 0 Å². The molecule has 56 valence electrons. The van der Waals surface area contributed by atoms with Crippen molar-refractivity contribution in [2.24, 2.45) is 0 Å². The number of halogens is 1. The fourth-order valence-corrected chi connectivity index (χ4v) is 0.853. The maximum absolute atomic E-state index is 4.10. The Morgan fingerprint density at radius 1 is 1.08 bits per heavy atom. The van der Waals surface area contributed by atoms with Gasteiger partial charge in [0.2, 0.25) is 0 Å². The van der Waals surface area contributed by atoms with E-state index in [-0.39, 0.29) is 40.0 Å². The molecule has 0 saturated heterocycles. The molecule has 0 atom stereocenters. The predicted molar refractivity (Wildman–Crippen MR) is 44.1 cm³/mol. The van der Waals surface area contributed by atoms with E-state index in [2.05, 4.69) is 16.0 Å². The van der Waals surface area contributed by atoms with Gasteiger partial charge in [-0.1, -0.05) is 0 Å². The van der Waals surface area contributed by atoms with Crippen LogP contribution >= 0.6 is 0 Å². The van der Waals surface area contributed by atoms with Gasteiger partial charge in [0.25, 0.3) is 0 Å². The van der Waals surface area contributed by atoms with Crippen LogP contribution in [0.2, 0.25) is 0 Å². The zero-order valence-corrected chi connectivity index (χ0v) is 9.37. The Morgan fingerprint density at radius 3 is 2.42 bits per heavy atom. The van der Waals surface area contributed by atoms with Crippen LogP contribution in [0.4, 0.5) is 0 Å². The first-order valence-electron chi connectivity index (χ1n) is 3.03. The third kappa shape index (κ3) is 2.40. The van der Waals surface area contributed by atoms with E-state index in [0.29, 0.717) is 0 Å². The average molecular weight is 233 g/mol. The van der Waals surface area contributed by atoms with Gasteiger partial charge in [-0.3, -0.25) is 4.98 Å². The summed E-state index contributed by atoms with van der Waals surface area (Å²) in [6.07, 6.45) is 3.36. The molecule has 0 unspecified atom stereocenters. The minimum Gasteiger partial charge on any atom is -1.00 e. The van der Waals surface area contributed by atoms with Crippen LogP contribution in [0.3, 0.4) is 0 Å². The van der Waals surface area contributed by atoms with E-state index in [0.717, 1.165) is 11.0 Å². The third-order valence-electron chi connectivity index (χ3n) is 1.31. The minimum absolute atomic E-state index is 0. The van der Waals surface area contributed by atoms with Crippen LogP contribution in [0.5, 0.6) is 0 Å². The number of fused-ring (bicyclic) bond motifs is 1. The van der Waals surface area contributed by atoms with Gasteiger partial charge in [-0.05, 0) is 11.0 Å². The third-order valence-corrected chi connectivity index (χ3v) is 1.31.